The van der Waals surface area contributed by atoms with E-state index in [0.29, 0.717) is 11.3 Å². The molecular formula is C18H17NO3S. The Kier molecular flexibility index (Phi) is 4.32. The van der Waals surface area contributed by atoms with Gasteiger partial charge in [0.15, 0.2) is 5.60 Å². The minimum Gasteiger partial charge on any atom is -0.466 e. The Labute approximate surface area is 138 Å². The van der Waals surface area contributed by atoms with Crippen LogP contribution in [0.15, 0.2) is 64.6 Å². The van der Waals surface area contributed by atoms with Gasteiger partial charge in [-0.1, -0.05) is 24.3 Å². The van der Waals surface area contributed by atoms with E-state index in [1.807, 2.05) is 42.6 Å². The Bertz CT molecular complexity index is 744. The number of furan rings is 1. The van der Waals surface area contributed by atoms with Crippen molar-refractivity contribution in [2.24, 2.45) is 0 Å². The number of nitrogens with one attached hydrogen (secondary N) is 1. The highest BCUT2D eigenvalue weighted by molar-refractivity contribution is 7.10. The van der Waals surface area contributed by atoms with Gasteiger partial charge >= 0.3 is 0 Å². The van der Waals surface area contributed by atoms with Gasteiger partial charge in [-0.05, 0) is 42.1 Å². The van der Waals surface area contributed by atoms with E-state index < -0.39 is 5.60 Å². The molecule has 0 unspecified atom stereocenters. The van der Waals surface area contributed by atoms with Gasteiger partial charge in [0.25, 0.3) is 5.91 Å². The highest BCUT2D eigenvalue weighted by atomic mass is 32.1. The van der Waals surface area contributed by atoms with Crippen LogP contribution in [0.2, 0.25) is 0 Å². The number of rotatable bonds is 5. The molecule has 0 radical (unpaired) electrons. The molecule has 3 rings (SSSR count). The summed E-state index contributed by atoms with van der Waals surface area (Å²) in [6.07, 6.45) is 1.51. The van der Waals surface area contributed by atoms with Crippen LogP contribution in [0.1, 0.15) is 26.6 Å². The van der Waals surface area contributed by atoms with Gasteiger partial charge in [0.2, 0.25) is 0 Å². The molecule has 0 spiro atoms. The molecule has 3 aromatic rings. The zero-order valence-corrected chi connectivity index (χ0v) is 13.5. The molecule has 1 aromatic carbocycles. The lowest BCUT2D eigenvalue weighted by atomic mass is 9.98. The molecule has 23 heavy (non-hydrogen) atoms. The molecule has 0 aliphatic rings. The summed E-state index contributed by atoms with van der Waals surface area (Å²) in [6, 6.07) is 14.5. The van der Waals surface area contributed by atoms with E-state index in [4.69, 9.17) is 4.42 Å². The summed E-state index contributed by atoms with van der Waals surface area (Å²) < 4.78 is 5.39. The molecule has 0 saturated carbocycles. The number of benzene rings is 1. The normalized spacial score (nSPS) is 13.5. The summed E-state index contributed by atoms with van der Waals surface area (Å²) in [6.45, 7) is 1.92. The fourth-order valence-electron chi connectivity index (χ4n) is 2.45. The number of carbonyl (C=O) groups is 1. The maximum absolute atomic E-state index is 12.4. The van der Waals surface area contributed by atoms with Crippen molar-refractivity contribution in [3.8, 4) is 0 Å². The van der Waals surface area contributed by atoms with E-state index in [9.17, 15) is 9.90 Å². The summed E-state index contributed by atoms with van der Waals surface area (Å²) in [5.41, 5.74) is 0.110. The van der Waals surface area contributed by atoms with Crippen LogP contribution >= 0.6 is 11.3 Å². The van der Waals surface area contributed by atoms with E-state index in [1.165, 1.54) is 17.6 Å². The third-order valence-corrected chi connectivity index (χ3v) is 4.77. The quantitative estimate of drug-likeness (QED) is 0.756. The Morgan fingerprint density at radius 1 is 1.22 bits per heavy atom. The van der Waals surface area contributed by atoms with E-state index in [0.717, 1.165) is 10.4 Å². The lowest BCUT2D eigenvalue weighted by molar-refractivity contribution is 0.0554. The zero-order valence-electron chi connectivity index (χ0n) is 12.7. The van der Waals surface area contributed by atoms with E-state index in [1.54, 1.807) is 18.2 Å². The van der Waals surface area contributed by atoms with Gasteiger partial charge in [-0.3, -0.25) is 4.79 Å². The molecule has 0 aliphatic carbocycles. The molecule has 2 N–H and O–H groups in total. The average molecular weight is 327 g/mol. The highest BCUT2D eigenvalue weighted by Crippen LogP contribution is 2.32. The van der Waals surface area contributed by atoms with Gasteiger partial charge in [-0.15, -0.1) is 11.3 Å². The van der Waals surface area contributed by atoms with Crippen molar-refractivity contribution in [1.29, 1.82) is 0 Å². The second kappa shape index (κ2) is 6.40. The molecule has 2 heterocycles. The maximum Gasteiger partial charge on any atom is 0.251 e. The Morgan fingerprint density at radius 2 is 2.04 bits per heavy atom. The summed E-state index contributed by atoms with van der Waals surface area (Å²) in [5.74, 6) is 0.190. The molecule has 4 nitrogen and oxygen atoms in total. The van der Waals surface area contributed by atoms with Crippen molar-refractivity contribution in [1.82, 2.24) is 5.32 Å². The molecule has 0 aliphatic heterocycles. The van der Waals surface area contributed by atoms with Gasteiger partial charge in [0, 0.05) is 10.4 Å². The molecule has 118 valence electrons. The van der Waals surface area contributed by atoms with Gasteiger partial charge < -0.3 is 14.8 Å². The van der Waals surface area contributed by atoms with Crippen molar-refractivity contribution < 1.29 is 14.3 Å². The van der Waals surface area contributed by atoms with Crippen LogP contribution in [0.3, 0.4) is 0 Å². The average Bonchev–Trinajstić information content (AvgIpc) is 3.25. The fourth-order valence-corrected chi connectivity index (χ4v) is 3.28. The molecule has 1 amide bonds. The van der Waals surface area contributed by atoms with Crippen LogP contribution in [0.4, 0.5) is 0 Å². The largest absolute Gasteiger partial charge is 0.466 e. The van der Waals surface area contributed by atoms with Crippen molar-refractivity contribution in [2.75, 3.05) is 6.54 Å². The number of hydrogen-bond donors (Lipinski definition) is 2. The van der Waals surface area contributed by atoms with Crippen LogP contribution in [-0.2, 0) is 5.60 Å². The summed E-state index contributed by atoms with van der Waals surface area (Å²) in [5, 5.41) is 15.8. The molecule has 0 saturated heterocycles. The van der Waals surface area contributed by atoms with Gasteiger partial charge in [0.1, 0.15) is 5.76 Å². The Balaban J connectivity index is 1.84. The lowest BCUT2D eigenvalue weighted by Gasteiger charge is -2.25. The topological polar surface area (TPSA) is 62.5 Å². The third kappa shape index (κ3) is 3.06. The predicted octanol–water partition coefficient (Wildman–Crippen LogP) is 3.32. The fraction of sp³-hybridized carbons (Fsp3) is 0.167. The second-order valence-corrected chi connectivity index (χ2v) is 6.26. The molecule has 2 aromatic heterocycles. The van der Waals surface area contributed by atoms with Crippen molar-refractivity contribution >= 4 is 17.2 Å². The number of amides is 1. The van der Waals surface area contributed by atoms with Gasteiger partial charge in [-0.2, -0.15) is 0 Å². The van der Waals surface area contributed by atoms with Gasteiger partial charge in [0.05, 0.1) is 12.8 Å². The van der Waals surface area contributed by atoms with Crippen LogP contribution in [0.5, 0.6) is 0 Å². The summed E-state index contributed by atoms with van der Waals surface area (Å²) in [7, 11) is 0. The second-order valence-electron chi connectivity index (χ2n) is 5.31. The molecule has 5 heteroatoms. The highest BCUT2D eigenvalue weighted by Gasteiger charge is 2.36. The minimum absolute atomic E-state index is 0.0359. The van der Waals surface area contributed by atoms with Crippen LogP contribution in [-0.4, -0.2) is 17.6 Å². The smallest absolute Gasteiger partial charge is 0.251 e. The van der Waals surface area contributed by atoms with E-state index >= 15 is 0 Å². The van der Waals surface area contributed by atoms with Crippen LogP contribution in [0, 0.1) is 6.92 Å². The van der Waals surface area contributed by atoms with Crippen molar-refractivity contribution in [2.45, 2.75) is 12.5 Å². The minimum atomic E-state index is -1.38. The predicted molar refractivity (Wildman–Crippen MR) is 89.5 cm³/mol. The van der Waals surface area contributed by atoms with E-state index in [2.05, 4.69) is 5.32 Å². The molecule has 0 bridgehead atoms. The Morgan fingerprint density at radius 3 is 2.70 bits per heavy atom. The first-order valence-electron chi connectivity index (χ1n) is 7.25. The third-order valence-electron chi connectivity index (χ3n) is 3.75. The molecular weight excluding hydrogens is 310 g/mol. The van der Waals surface area contributed by atoms with Crippen molar-refractivity contribution in [3.05, 3.63) is 81.9 Å². The lowest BCUT2D eigenvalue weighted by Crippen LogP contribution is -2.41. The first-order chi connectivity index (χ1) is 11.1. The molecule has 0 fully saturated rings. The standard InChI is InChI=1S/C18H17NO3S/c1-13-6-2-3-7-14(13)17(20)19-12-18(21,15-8-4-10-22-15)16-9-5-11-23-16/h2-11,21H,12H2,1H3,(H,19,20)/t18-/m1/s1. The zero-order chi connectivity index (χ0) is 16.3. The number of hydrogen-bond acceptors (Lipinski definition) is 4. The van der Waals surface area contributed by atoms with Crippen LogP contribution in [0.25, 0.3) is 0 Å². The molecule has 1 atom stereocenters. The van der Waals surface area contributed by atoms with Crippen molar-refractivity contribution in [3.63, 3.8) is 0 Å². The summed E-state index contributed by atoms with van der Waals surface area (Å²) in [4.78, 5) is 13.1. The first-order valence-corrected chi connectivity index (χ1v) is 8.13. The first kappa shape index (κ1) is 15.5. The monoisotopic (exact) mass is 327 g/mol. The number of aryl methyl sites for hydroxylation is 1. The van der Waals surface area contributed by atoms with Gasteiger partial charge in [-0.25, -0.2) is 0 Å². The Hall–Kier alpha value is -2.37. The summed E-state index contributed by atoms with van der Waals surface area (Å²) >= 11 is 1.42. The number of aliphatic hydroxyl groups is 1. The number of carbonyl (C=O) groups excluding carboxylic acids is 1. The SMILES string of the molecule is Cc1ccccc1C(=O)NC[C@@](O)(c1ccco1)c1cccs1. The number of thiophene rings is 1. The maximum atomic E-state index is 12.4. The van der Waals surface area contributed by atoms with E-state index in [-0.39, 0.29) is 12.5 Å². The van der Waals surface area contributed by atoms with Crippen LogP contribution < -0.4 is 5.32 Å².